The van der Waals surface area contributed by atoms with Crippen LogP contribution in [0.1, 0.15) is 0 Å². The highest BCUT2D eigenvalue weighted by Gasteiger charge is 1.79. The average molecular weight is 103 g/mol. The van der Waals surface area contributed by atoms with E-state index in [1.54, 1.807) is 0 Å². The van der Waals surface area contributed by atoms with Gasteiger partial charge in [0.05, 0.1) is 0 Å². The number of H-pyrrole nitrogens is 3. The maximum atomic E-state index is 10.1. The summed E-state index contributed by atoms with van der Waals surface area (Å²) in [7, 11) is 0. The molecule has 0 unspecified atom stereocenters. The Labute approximate surface area is 38.8 Å². The minimum atomic E-state index is -0.755. The van der Waals surface area contributed by atoms with Crippen LogP contribution in [0.15, 0.2) is 9.59 Å². The SMILES string of the molecule is [3H]n1c(=O)[nH][nH]c1=O. The van der Waals surface area contributed by atoms with E-state index in [1.807, 2.05) is 10.2 Å². The first-order valence-electron chi connectivity index (χ1n) is 2.05. The molecular formula is C2H3N3O2. The maximum Gasteiger partial charge on any atom is 0.341 e. The van der Waals surface area contributed by atoms with Gasteiger partial charge in [0.25, 0.3) is 0 Å². The van der Waals surface area contributed by atoms with Crippen molar-refractivity contribution in [2.24, 2.45) is 0 Å². The van der Waals surface area contributed by atoms with Gasteiger partial charge in [0.15, 0.2) is 1.41 Å². The molecule has 0 amide bonds. The molecule has 0 saturated heterocycles. The second-order valence-corrected chi connectivity index (χ2v) is 0.972. The fraction of sp³-hybridized carbons (Fsp3) is 0. The molecule has 0 saturated carbocycles. The lowest BCUT2D eigenvalue weighted by Gasteiger charge is -1.52. The quantitative estimate of drug-likeness (QED) is 0.369. The van der Waals surface area contributed by atoms with Gasteiger partial charge in [-0.05, 0) is 0 Å². The van der Waals surface area contributed by atoms with Crippen molar-refractivity contribution in [2.45, 2.75) is 0 Å². The summed E-state index contributed by atoms with van der Waals surface area (Å²) in [6.07, 6.45) is 0. The van der Waals surface area contributed by atoms with E-state index >= 15 is 0 Å². The summed E-state index contributed by atoms with van der Waals surface area (Å²) >= 11 is 0. The monoisotopic (exact) mass is 103 g/mol. The fourth-order valence-electron chi connectivity index (χ4n) is 0.255. The van der Waals surface area contributed by atoms with Gasteiger partial charge in [-0.1, -0.05) is 0 Å². The van der Waals surface area contributed by atoms with Crippen molar-refractivity contribution in [1.82, 2.24) is 15.2 Å². The lowest BCUT2D eigenvalue weighted by molar-refractivity contribution is 1.03. The molecule has 0 radical (unpaired) electrons. The van der Waals surface area contributed by atoms with Crippen LogP contribution in [0.2, 0.25) is 1.41 Å². The third-order valence-corrected chi connectivity index (χ3v) is 0.479. The first-order chi connectivity index (χ1) is 3.72. The molecule has 0 aliphatic heterocycles. The molecule has 5 heteroatoms. The maximum absolute atomic E-state index is 10.1. The van der Waals surface area contributed by atoms with Gasteiger partial charge in [0.1, 0.15) is 0 Å². The number of rotatable bonds is 0. The minimum Gasteiger partial charge on any atom is -0.257 e. The first-order valence-corrected chi connectivity index (χ1v) is 1.61. The van der Waals surface area contributed by atoms with Crippen LogP contribution in [0.4, 0.5) is 0 Å². The molecule has 0 bridgehead atoms. The molecule has 7 heavy (non-hydrogen) atoms. The zero-order valence-electron chi connectivity index (χ0n) is 4.26. The summed E-state index contributed by atoms with van der Waals surface area (Å²) in [5.41, 5.74) is -1.51. The van der Waals surface area contributed by atoms with E-state index in [0.29, 0.717) is 0 Å². The standard InChI is InChI=1S/C2H3N3O2/c6-1-3-2(7)5-4-1/h(H3,3,4,5,6,7)/i/hT. The molecule has 5 nitrogen and oxygen atoms in total. The number of hydrogen-bond donors (Lipinski definition) is 3. The molecule has 0 fully saturated rings. The Bertz CT molecular complexity index is 252. The highest BCUT2D eigenvalue weighted by molar-refractivity contribution is 4.52. The van der Waals surface area contributed by atoms with Crippen LogP contribution in [0.25, 0.3) is 0 Å². The molecule has 3 N–H and O–H groups in total. The van der Waals surface area contributed by atoms with Crippen LogP contribution in [0, 0.1) is 0 Å². The molecule has 1 aromatic heterocycles. The summed E-state index contributed by atoms with van der Waals surface area (Å²) in [5.74, 6) is 0. The summed E-state index contributed by atoms with van der Waals surface area (Å²) in [4.78, 5) is 20.5. The van der Waals surface area contributed by atoms with E-state index in [-0.39, 0.29) is 4.98 Å². The second kappa shape index (κ2) is 1.11. The molecule has 0 aliphatic carbocycles. The van der Waals surface area contributed by atoms with Crippen molar-refractivity contribution in [2.75, 3.05) is 0 Å². The molecule has 1 heterocycles. The van der Waals surface area contributed by atoms with E-state index in [1.165, 1.54) is 0 Å². The first kappa shape index (κ1) is 2.84. The van der Waals surface area contributed by atoms with Gasteiger partial charge in [0, 0.05) is 0 Å². The zero-order chi connectivity index (χ0) is 6.15. The number of aromatic nitrogens is 3. The van der Waals surface area contributed by atoms with Crippen molar-refractivity contribution in [3.8, 4) is 0 Å². The summed E-state index contributed by atoms with van der Waals surface area (Å²) < 4.78 is 6.55. The van der Waals surface area contributed by atoms with Gasteiger partial charge < -0.3 is 0 Å². The summed E-state index contributed by atoms with van der Waals surface area (Å²) in [6.45, 7) is 0. The molecule has 0 spiro atoms. The van der Waals surface area contributed by atoms with Crippen molar-refractivity contribution < 1.29 is 1.41 Å². The van der Waals surface area contributed by atoms with Gasteiger partial charge in [-0.2, -0.15) is 0 Å². The predicted molar refractivity (Wildman–Crippen MR) is 22.0 cm³/mol. The Morgan fingerprint density at radius 1 is 1.29 bits per heavy atom. The molecule has 0 atom stereocenters. The van der Waals surface area contributed by atoms with E-state index in [0.717, 1.165) is 0 Å². The lowest BCUT2D eigenvalue weighted by atomic mass is 11.2. The van der Waals surface area contributed by atoms with Gasteiger partial charge in [-0.15, -0.1) is 0 Å². The fourth-order valence-corrected chi connectivity index (χ4v) is 0.255. The third-order valence-electron chi connectivity index (χ3n) is 0.479. The molecule has 0 aliphatic rings. The molecule has 0 aromatic carbocycles. The van der Waals surface area contributed by atoms with Crippen molar-refractivity contribution in [1.29, 1.82) is 0 Å². The van der Waals surface area contributed by atoms with Crippen LogP contribution in [-0.2, 0) is 0 Å². The molecule has 1 aromatic rings. The Kier molecular flexibility index (Phi) is 0.449. The van der Waals surface area contributed by atoms with E-state index < -0.39 is 11.4 Å². The molecule has 38 valence electrons. The smallest absolute Gasteiger partial charge is 0.257 e. The van der Waals surface area contributed by atoms with Crippen molar-refractivity contribution in [3.05, 3.63) is 21.0 Å². The Balaban J connectivity index is 3.66. The van der Waals surface area contributed by atoms with Gasteiger partial charge >= 0.3 is 11.4 Å². The van der Waals surface area contributed by atoms with Crippen LogP contribution in [0.5, 0.6) is 0 Å². The second-order valence-electron chi connectivity index (χ2n) is 0.972. The van der Waals surface area contributed by atoms with E-state index in [9.17, 15) is 9.59 Å². The van der Waals surface area contributed by atoms with Crippen LogP contribution in [0.3, 0.4) is 0 Å². The normalized spacial score (nSPS) is 11.1. The topological polar surface area (TPSA) is 81.5 Å². The number of nitrogens with one attached hydrogen (secondary N) is 3. The Morgan fingerprint density at radius 3 is 1.86 bits per heavy atom. The zero-order valence-corrected chi connectivity index (χ0v) is 3.26. The number of hydrogen-bond acceptors (Lipinski definition) is 2. The lowest BCUT2D eigenvalue weighted by Crippen LogP contribution is -2.07. The van der Waals surface area contributed by atoms with Crippen LogP contribution in [-0.4, -0.2) is 15.2 Å². The van der Waals surface area contributed by atoms with Gasteiger partial charge in [0.2, 0.25) is 0 Å². The molecule has 1 rings (SSSR count). The highest BCUT2D eigenvalue weighted by atomic mass is 16.2. The largest absolute Gasteiger partial charge is 0.341 e. The minimum absolute atomic E-state index is 0.194. The third kappa shape index (κ3) is 0.594. The Hall–Kier alpha value is -1.26. The summed E-state index contributed by atoms with van der Waals surface area (Å²) in [6, 6.07) is 0. The highest BCUT2D eigenvalue weighted by Crippen LogP contribution is 1.29. The van der Waals surface area contributed by atoms with Crippen molar-refractivity contribution >= 4 is 0 Å². The van der Waals surface area contributed by atoms with E-state index in [2.05, 4.69) is 0 Å². The van der Waals surface area contributed by atoms with Gasteiger partial charge in [-0.25, -0.2) is 19.8 Å². The summed E-state index contributed by atoms with van der Waals surface area (Å²) in [5, 5.41) is 3.84. The van der Waals surface area contributed by atoms with Gasteiger partial charge in [-0.3, -0.25) is 4.98 Å². The van der Waals surface area contributed by atoms with Crippen LogP contribution < -0.4 is 11.4 Å². The number of aromatic amines is 3. The van der Waals surface area contributed by atoms with E-state index in [4.69, 9.17) is 1.41 Å². The average Bonchev–Trinajstić information content (AvgIpc) is 1.98. The van der Waals surface area contributed by atoms with Crippen molar-refractivity contribution in [3.63, 3.8) is 0 Å². The Morgan fingerprint density at radius 2 is 1.71 bits per heavy atom. The van der Waals surface area contributed by atoms with Crippen LogP contribution >= 0.6 is 0 Å². The molecular weight excluding hydrogens is 98.0 g/mol. The predicted octanol–water partition coefficient (Wildman–Crippen LogP) is -1.61.